The predicted octanol–water partition coefficient (Wildman–Crippen LogP) is 6.40. The minimum absolute atomic E-state index is 0.0532. The van der Waals surface area contributed by atoms with E-state index in [9.17, 15) is 5.11 Å². The average Bonchev–Trinajstić information content (AvgIpc) is 2.83. The van der Waals surface area contributed by atoms with Crippen LogP contribution in [0, 0.1) is 0 Å². The van der Waals surface area contributed by atoms with Crippen molar-refractivity contribution in [3.8, 4) is 11.5 Å². The van der Waals surface area contributed by atoms with E-state index < -0.39 is 0 Å². The van der Waals surface area contributed by atoms with Gasteiger partial charge in [-0.15, -0.1) is 0 Å². The second-order valence-corrected chi connectivity index (χ2v) is 12.1. The Bertz CT molecular complexity index is 897. The first kappa shape index (κ1) is 29.5. The Kier molecular flexibility index (Phi) is 10.9. The molecule has 0 fully saturated rings. The highest BCUT2D eigenvalue weighted by atomic mass is 16.5. The molecule has 0 bridgehead atoms. The third kappa shape index (κ3) is 9.31. The van der Waals surface area contributed by atoms with Crippen LogP contribution in [0.1, 0.15) is 83.1 Å². The lowest BCUT2D eigenvalue weighted by Gasteiger charge is -2.24. The number of aliphatic hydroxyl groups excluding tert-OH is 1. The molecule has 0 aromatic heterocycles. The monoisotopic (exact) mass is 512 g/mol. The molecule has 0 atom stereocenters. The summed E-state index contributed by atoms with van der Waals surface area (Å²) in [5.41, 5.74) is 5.03. The molecular weight excluding hydrogens is 464 g/mol. The zero-order valence-electron chi connectivity index (χ0n) is 23.9. The van der Waals surface area contributed by atoms with Gasteiger partial charge in [0.25, 0.3) is 0 Å². The van der Waals surface area contributed by atoms with Crippen LogP contribution in [-0.2, 0) is 33.1 Å². The Morgan fingerprint density at radius 2 is 1.24 bits per heavy atom. The van der Waals surface area contributed by atoms with Crippen molar-refractivity contribution in [3.63, 3.8) is 0 Å². The minimum Gasteiger partial charge on any atom is -0.491 e. The van der Waals surface area contributed by atoms with Gasteiger partial charge in [-0.05, 0) is 77.3 Å². The van der Waals surface area contributed by atoms with Gasteiger partial charge in [-0.25, -0.2) is 0 Å². The van der Waals surface area contributed by atoms with Crippen molar-refractivity contribution in [2.45, 2.75) is 90.6 Å². The standard InChI is InChI=1S/C32H48O5/c1-31(2,3)26-12-8-24-10-14-28(35-17-7-16-33)15-11-25-9-13-27(32(4,5)6)23-30(25)37-21-19-34-18-20-36-29(24)22-26/h8-9,12-13,22-23,28,33H,7,10-11,14-21H2,1-6H3. The summed E-state index contributed by atoms with van der Waals surface area (Å²) in [6.07, 6.45) is 4.27. The molecule has 2 aromatic rings. The highest BCUT2D eigenvalue weighted by Gasteiger charge is 2.20. The van der Waals surface area contributed by atoms with E-state index in [1.54, 1.807) is 0 Å². The fraction of sp³-hybridized carbons (Fsp3) is 0.625. The highest BCUT2D eigenvalue weighted by molar-refractivity contribution is 5.41. The molecule has 37 heavy (non-hydrogen) atoms. The number of ether oxygens (including phenoxy) is 4. The molecule has 0 radical (unpaired) electrons. The molecule has 5 nitrogen and oxygen atoms in total. The molecule has 0 saturated carbocycles. The Morgan fingerprint density at radius 3 is 1.68 bits per heavy atom. The first-order chi connectivity index (χ1) is 17.6. The third-order valence-electron chi connectivity index (χ3n) is 6.96. The fourth-order valence-electron chi connectivity index (χ4n) is 4.51. The molecule has 1 heterocycles. The minimum atomic E-state index is 0.0532. The summed E-state index contributed by atoms with van der Waals surface area (Å²) in [5.74, 6) is 1.88. The zero-order valence-corrected chi connectivity index (χ0v) is 23.9. The van der Waals surface area contributed by atoms with Gasteiger partial charge in [0.2, 0.25) is 0 Å². The van der Waals surface area contributed by atoms with E-state index in [1.807, 2.05) is 0 Å². The van der Waals surface area contributed by atoms with Crippen LogP contribution < -0.4 is 9.47 Å². The molecule has 0 saturated heterocycles. The Labute approximate surface area is 224 Å². The fourth-order valence-corrected chi connectivity index (χ4v) is 4.51. The number of hydrogen-bond donors (Lipinski definition) is 1. The molecule has 1 aliphatic heterocycles. The van der Waals surface area contributed by atoms with Crippen LogP contribution in [0.5, 0.6) is 11.5 Å². The van der Waals surface area contributed by atoms with Crippen LogP contribution >= 0.6 is 0 Å². The summed E-state index contributed by atoms with van der Waals surface area (Å²) in [4.78, 5) is 0. The predicted molar refractivity (Wildman–Crippen MR) is 150 cm³/mol. The Morgan fingerprint density at radius 1 is 0.757 bits per heavy atom. The number of aryl methyl sites for hydroxylation is 2. The van der Waals surface area contributed by atoms with Gasteiger partial charge in [0.1, 0.15) is 24.7 Å². The van der Waals surface area contributed by atoms with E-state index in [0.29, 0.717) is 39.5 Å². The molecule has 0 unspecified atom stereocenters. The van der Waals surface area contributed by atoms with E-state index in [-0.39, 0.29) is 23.5 Å². The van der Waals surface area contributed by atoms with Crippen LogP contribution in [0.3, 0.4) is 0 Å². The van der Waals surface area contributed by atoms with E-state index in [2.05, 4.69) is 77.9 Å². The maximum absolute atomic E-state index is 9.27. The van der Waals surface area contributed by atoms with Gasteiger partial charge in [0.15, 0.2) is 0 Å². The molecule has 2 aromatic carbocycles. The van der Waals surface area contributed by atoms with Gasteiger partial charge in [0, 0.05) is 13.2 Å². The normalized spacial score (nSPS) is 16.8. The highest BCUT2D eigenvalue weighted by Crippen LogP contribution is 2.32. The summed E-state index contributed by atoms with van der Waals surface area (Å²) in [6.45, 7) is 16.1. The van der Waals surface area contributed by atoms with Crippen LogP contribution in [0.15, 0.2) is 36.4 Å². The molecule has 5 heteroatoms. The lowest BCUT2D eigenvalue weighted by atomic mass is 9.85. The van der Waals surface area contributed by atoms with Crippen molar-refractivity contribution in [1.29, 1.82) is 0 Å². The summed E-state index contributed by atoms with van der Waals surface area (Å²) < 4.78 is 24.5. The largest absolute Gasteiger partial charge is 0.491 e. The van der Waals surface area contributed by atoms with Crippen molar-refractivity contribution in [3.05, 3.63) is 58.7 Å². The lowest BCUT2D eigenvalue weighted by molar-refractivity contribution is 0.0334. The Balaban J connectivity index is 1.84. The van der Waals surface area contributed by atoms with Crippen molar-refractivity contribution in [2.24, 2.45) is 0 Å². The van der Waals surface area contributed by atoms with Gasteiger partial charge in [-0.2, -0.15) is 0 Å². The Hall–Kier alpha value is -2.08. The summed E-state index contributed by atoms with van der Waals surface area (Å²) >= 11 is 0. The molecule has 1 aliphatic rings. The van der Waals surface area contributed by atoms with Gasteiger partial charge in [0.05, 0.1) is 19.3 Å². The first-order valence-electron chi connectivity index (χ1n) is 13.9. The smallest absolute Gasteiger partial charge is 0.122 e. The van der Waals surface area contributed by atoms with Crippen molar-refractivity contribution in [1.82, 2.24) is 0 Å². The first-order valence-corrected chi connectivity index (χ1v) is 13.9. The summed E-state index contributed by atoms with van der Waals surface area (Å²) in [7, 11) is 0. The number of fused-ring (bicyclic) bond motifs is 2. The second-order valence-electron chi connectivity index (χ2n) is 12.1. The van der Waals surface area contributed by atoms with Gasteiger partial charge < -0.3 is 24.1 Å². The van der Waals surface area contributed by atoms with Crippen LogP contribution in [0.25, 0.3) is 0 Å². The number of hydrogen-bond acceptors (Lipinski definition) is 5. The SMILES string of the molecule is CC(C)(C)c1ccc2c(c1)OCCOCCOc1cc(C(C)(C)C)ccc1CCC(OCCCO)CC2. The summed E-state index contributed by atoms with van der Waals surface area (Å²) in [5, 5.41) is 9.27. The van der Waals surface area contributed by atoms with Gasteiger partial charge in [-0.1, -0.05) is 65.8 Å². The molecule has 206 valence electrons. The zero-order chi connectivity index (χ0) is 26.9. The van der Waals surface area contributed by atoms with Gasteiger partial charge >= 0.3 is 0 Å². The number of aliphatic hydroxyl groups is 1. The third-order valence-corrected chi connectivity index (χ3v) is 6.96. The van der Waals surface area contributed by atoms with Crippen molar-refractivity contribution >= 4 is 0 Å². The van der Waals surface area contributed by atoms with Gasteiger partial charge in [-0.3, -0.25) is 0 Å². The molecule has 3 rings (SSSR count). The van der Waals surface area contributed by atoms with Crippen molar-refractivity contribution in [2.75, 3.05) is 39.6 Å². The molecular formula is C32H48O5. The topological polar surface area (TPSA) is 57.2 Å². The molecule has 1 N–H and O–H groups in total. The maximum Gasteiger partial charge on any atom is 0.122 e. The molecule has 0 aliphatic carbocycles. The second kappa shape index (κ2) is 13.6. The quantitative estimate of drug-likeness (QED) is 0.480. The average molecular weight is 513 g/mol. The van der Waals surface area contributed by atoms with Crippen LogP contribution in [0.4, 0.5) is 0 Å². The molecule has 0 amide bonds. The van der Waals surface area contributed by atoms with Crippen LogP contribution in [-0.4, -0.2) is 50.9 Å². The summed E-state index contributed by atoms with van der Waals surface area (Å²) in [6, 6.07) is 13.2. The number of rotatable bonds is 4. The maximum atomic E-state index is 9.27. The van der Waals surface area contributed by atoms with E-state index in [4.69, 9.17) is 18.9 Å². The molecule has 0 spiro atoms. The van der Waals surface area contributed by atoms with E-state index in [0.717, 1.165) is 37.2 Å². The van der Waals surface area contributed by atoms with E-state index >= 15 is 0 Å². The lowest BCUT2D eigenvalue weighted by Crippen LogP contribution is -2.19. The van der Waals surface area contributed by atoms with Crippen molar-refractivity contribution < 1.29 is 24.1 Å². The number of benzene rings is 2. The van der Waals surface area contributed by atoms with E-state index in [1.165, 1.54) is 22.3 Å². The van der Waals surface area contributed by atoms with Crippen LogP contribution in [0.2, 0.25) is 0 Å².